The molecule has 4 nitrogen and oxygen atoms in total. The van der Waals surface area contributed by atoms with Crippen molar-refractivity contribution in [2.45, 2.75) is 78.9 Å². The standard InChI is InChI=1S/C29H50N4/c1-22(14-30-19-25(30)4)8-7-9-28-10-12-29(13-11-28)33(17-23(2)15-31-20-26(31)5)18-24(3)16-32-21-27(32)6/h10-13,22-27H,7-9,14-21H2,1-6H3. The minimum absolute atomic E-state index is 0.702. The van der Waals surface area contributed by atoms with E-state index in [9.17, 15) is 0 Å². The summed E-state index contributed by atoms with van der Waals surface area (Å²) in [6.45, 7) is 24.3. The molecule has 0 aromatic heterocycles. The molecule has 3 fully saturated rings. The Morgan fingerprint density at radius 2 is 1.15 bits per heavy atom. The Morgan fingerprint density at radius 3 is 1.58 bits per heavy atom. The van der Waals surface area contributed by atoms with E-state index in [0.29, 0.717) is 11.8 Å². The van der Waals surface area contributed by atoms with Crippen LogP contribution in [0.2, 0.25) is 0 Å². The fourth-order valence-electron chi connectivity index (χ4n) is 5.61. The van der Waals surface area contributed by atoms with Gasteiger partial charge in [0.05, 0.1) is 0 Å². The fourth-order valence-corrected chi connectivity index (χ4v) is 5.61. The van der Waals surface area contributed by atoms with Gasteiger partial charge in [0.2, 0.25) is 0 Å². The van der Waals surface area contributed by atoms with Gasteiger partial charge in [-0.1, -0.05) is 32.9 Å². The van der Waals surface area contributed by atoms with E-state index in [0.717, 1.165) is 37.1 Å². The summed E-state index contributed by atoms with van der Waals surface area (Å²) in [6, 6.07) is 12.0. The normalized spacial score (nSPS) is 32.8. The average molecular weight is 455 g/mol. The Kier molecular flexibility index (Phi) is 8.41. The molecule has 0 saturated carbocycles. The average Bonchev–Trinajstić information content (AvgIpc) is 3.71. The Hall–Kier alpha value is -1.10. The molecule has 0 bridgehead atoms. The molecule has 0 radical (unpaired) electrons. The second-order valence-corrected chi connectivity index (χ2v) is 12.2. The van der Waals surface area contributed by atoms with Crippen molar-refractivity contribution in [3.05, 3.63) is 29.8 Å². The second kappa shape index (κ2) is 11.1. The monoisotopic (exact) mass is 454 g/mol. The highest BCUT2D eigenvalue weighted by Crippen LogP contribution is 2.25. The Bertz CT molecular complexity index is 708. The molecule has 1 aromatic rings. The first-order chi connectivity index (χ1) is 15.8. The van der Waals surface area contributed by atoms with Gasteiger partial charge in [0.25, 0.3) is 0 Å². The third-order valence-corrected chi connectivity index (χ3v) is 8.13. The zero-order valence-electron chi connectivity index (χ0n) is 22.3. The van der Waals surface area contributed by atoms with Crippen molar-refractivity contribution in [3.8, 4) is 0 Å². The third-order valence-electron chi connectivity index (χ3n) is 8.13. The van der Waals surface area contributed by atoms with Crippen LogP contribution in [0.3, 0.4) is 0 Å². The Labute approximate surface area is 204 Å². The van der Waals surface area contributed by atoms with Crippen LogP contribution in [0.25, 0.3) is 0 Å². The molecule has 0 aliphatic carbocycles. The summed E-state index contributed by atoms with van der Waals surface area (Å²) in [5.41, 5.74) is 2.92. The lowest BCUT2D eigenvalue weighted by atomic mass is 10.0. The number of aryl methyl sites for hydroxylation is 1. The van der Waals surface area contributed by atoms with E-state index in [4.69, 9.17) is 0 Å². The number of rotatable bonds is 15. The van der Waals surface area contributed by atoms with E-state index < -0.39 is 0 Å². The summed E-state index contributed by atoms with van der Waals surface area (Å²) in [6.07, 6.45) is 3.87. The van der Waals surface area contributed by atoms with Crippen molar-refractivity contribution in [3.63, 3.8) is 0 Å². The molecule has 0 spiro atoms. The molecule has 9 unspecified atom stereocenters. The summed E-state index contributed by atoms with van der Waals surface area (Å²) in [7, 11) is 0. The van der Waals surface area contributed by atoms with E-state index in [2.05, 4.69) is 85.4 Å². The van der Waals surface area contributed by atoms with Crippen molar-refractivity contribution in [2.75, 3.05) is 57.3 Å². The van der Waals surface area contributed by atoms with Gasteiger partial charge in [-0.3, -0.25) is 14.7 Å². The van der Waals surface area contributed by atoms with Crippen LogP contribution >= 0.6 is 0 Å². The van der Waals surface area contributed by atoms with Gasteiger partial charge in [-0.2, -0.15) is 0 Å². The first kappa shape index (κ1) is 25.0. The molecule has 4 heteroatoms. The molecule has 4 rings (SSSR count). The van der Waals surface area contributed by atoms with Gasteiger partial charge in [-0.25, -0.2) is 0 Å². The molecule has 9 atom stereocenters. The zero-order chi connectivity index (χ0) is 23.5. The molecular weight excluding hydrogens is 404 g/mol. The zero-order valence-corrected chi connectivity index (χ0v) is 22.3. The highest BCUT2D eigenvalue weighted by molar-refractivity contribution is 5.48. The van der Waals surface area contributed by atoms with Gasteiger partial charge < -0.3 is 4.90 Å². The molecule has 1 aromatic carbocycles. The Morgan fingerprint density at radius 1 is 0.727 bits per heavy atom. The van der Waals surface area contributed by atoms with Gasteiger partial charge in [-0.05, 0) is 75.5 Å². The molecule has 3 aliphatic heterocycles. The van der Waals surface area contributed by atoms with Gasteiger partial charge in [-0.15, -0.1) is 0 Å². The van der Waals surface area contributed by atoms with Crippen LogP contribution in [0, 0.1) is 17.8 Å². The highest BCUT2D eigenvalue weighted by atomic mass is 15.3. The van der Waals surface area contributed by atoms with E-state index in [-0.39, 0.29) is 0 Å². The topological polar surface area (TPSA) is 12.3 Å². The maximum Gasteiger partial charge on any atom is 0.0366 e. The van der Waals surface area contributed by atoms with Crippen molar-refractivity contribution in [1.29, 1.82) is 0 Å². The quantitative estimate of drug-likeness (QED) is 0.352. The van der Waals surface area contributed by atoms with Gasteiger partial charge in [0, 0.05) is 76.2 Å². The lowest BCUT2D eigenvalue weighted by Gasteiger charge is -2.31. The van der Waals surface area contributed by atoms with Crippen LogP contribution in [-0.2, 0) is 6.42 Å². The molecule has 0 amide bonds. The summed E-state index contributed by atoms with van der Waals surface area (Å²) >= 11 is 0. The molecule has 33 heavy (non-hydrogen) atoms. The third kappa shape index (κ3) is 7.97. The lowest BCUT2D eigenvalue weighted by molar-refractivity contribution is 0.382. The van der Waals surface area contributed by atoms with Crippen LogP contribution in [0.15, 0.2) is 24.3 Å². The molecule has 3 aliphatic rings. The van der Waals surface area contributed by atoms with Crippen LogP contribution in [0.4, 0.5) is 5.69 Å². The minimum atomic E-state index is 0.702. The van der Waals surface area contributed by atoms with Crippen molar-refractivity contribution in [1.82, 2.24) is 14.7 Å². The molecular formula is C29H50N4. The van der Waals surface area contributed by atoms with Gasteiger partial charge in [0.1, 0.15) is 0 Å². The van der Waals surface area contributed by atoms with Crippen LogP contribution in [-0.4, -0.2) is 85.2 Å². The molecule has 0 N–H and O–H groups in total. The molecule has 186 valence electrons. The predicted molar refractivity (Wildman–Crippen MR) is 142 cm³/mol. The summed E-state index contributed by atoms with van der Waals surface area (Å²) < 4.78 is 0. The number of hydrogen-bond acceptors (Lipinski definition) is 4. The van der Waals surface area contributed by atoms with Crippen molar-refractivity contribution >= 4 is 5.69 Å². The van der Waals surface area contributed by atoms with E-state index in [1.165, 1.54) is 69.8 Å². The number of benzene rings is 1. The first-order valence-corrected chi connectivity index (χ1v) is 13.8. The van der Waals surface area contributed by atoms with Crippen LogP contribution < -0.4 is 4.90 Å². The lowest BCUT2D eigenvalue weighted by Crippen LogP contribution is -2.36. The summed E-state index contributed by atoms with van der Waals surface area (Å²) in [5, 5.41) is 0. The van der Waals surface area contributed by atoms with Crippen molar-refractivity contribution in [2.24, 2.45) is 17.8 Å². The van der Waals surface area contributed by atoms with Gasteiger partial charge >= 0.3 is 0 Å². The maximum absolute atomic E-state index is 2.68. The Balaban J connectivity index is 1.27. The number of anilines is 1. The number of hydrogen-bond donors (Lipinski definition) is 0. The molecule has 3 heterocycles. The highest BCUT2D eigenvalue weighted by Gasteiger charge is 2.32. The van der Waals surface area contributed by atoms with E-state index in [1.54, 1.807) is 0 Å². The first-order valence-electron chi connectivity index (χ1n) is 13.8. The minimum Gasteiger partial charge on any atom is -0.371 e. The summed E-state index contributed by atoms with van der Waals surface area (Å²) in [5.74, 6) is 2.23. The fraction of sp³-hybridized carbons (Fsp3) is 0.793. The smallest absolute Gasteiger partial charge is 0.0366 e. The van der Waals surface area contributed by atoms with Crippen LogP contribution in [0.1, 0.15) is 59.9 Å². The predicted octanol–water partition coefficient (Wildman–Crippen LogP) is 4.84. The van der Waals surface area contributed by atoms with Crippen molar-refractivity contribution < 1.29 is 0 Å². The van der Waals surface area contributed by atoms with Gasteiger partial charge in [0.15, 0.2) is 0 Å². The molecule has 3 saturated heterocycles. The summed E-state index contributed by atoms with van der Waals surface area (Å²) in [4.78, 5) is 10.5. The second-order valence-electron chi connectivity index (χ2n) is 12.2. The number of nitrogens with zero attached hydrogens (tertiary/aromatic N) is 4. The van der Waals surface area contributed by atoms with Crippen LogP contribution in [0.5, 0.6) is 0 Å². The van der Waals surface area contributed by atoms with E-state index in [1.807, 2.05) is 0 Å². The SMILES string of the molecule is CC(CCCc1ccc(N(CC(C)CN2CC2C)CC(C)CN2CC2C)cc1)CN1CC1C. The maximum atomic E-state index is 2.68. The van der Waals surface area contributed by atoms with E-state index >= 15 is 0 Å². The largest absolute Gasteiger partial charge is 0.371 e.